The van der Waals surface area contributed by atoms with Crippen molar-refractivity contribution in [1.82, 2.24) is 4.90 Å². The first kappa shape index (κ1) is 15.0. The lowest BCUT2D eigenvalue weighted by molar-refractivity contribution is -0.147. The van der Waals surface area contributed by atoms with Crippen molar-refractivity contribution in [2.45, 2.75) is 46.0 Å². The lowest BCUT2D eigenvalue weighted by Crippen LogP contribution is -2.43. The van der Waals surface area contributed by atoms with Gasteiger partial charge >= 0.3 is 5.97 Å². The zero-order valence-electron chi connectivity index (χ0n) is 11.8. The number of carbonyl (C=O) groups is 2. The fourth-order valence-electron chi connectivity index (χ4n) is 2.16. The Morgan fingerprint density at radius 2 is 2.06 bits per heavy atom. The number of ether oxygens (including phenoxy) is 1. The fourth-order valence-corrected chi connectivity index (χ4v) is 2.16. The highest BCUT2D eigenvalue weighted by atomic mass is 16.5. The molecule has 1 amide bonds. The third-order valence-corrected chi connectivity index (χ3v) is 3.65. The molecule has 0 saturated heterocycles. The van der Waals surface area contributed by atoms with Gasteiger partial charge in [-0.25, -0.2) is 0 Å². The second kappa shape index (κ2) is 7.39. The number of hydrogen-bond donors (Lipinski definition) is 0. The smallest absolute Gasteiger partial charge is 0.310 e. The van der Waals surface area contributed by atoms with E-state index in [1.54, 1.807) is 0 Å². The molecule has 1 aliphatic rings. The van der Waals surface area contributed by atoms with E-state index in [9.17, 15) is 9.59 Å². The highest BCUT2D eigenvalue weighted by molar-refractivity contribution is 5.80. The van der Waals surface area contributed by atoms with Crippen molar-refractivity contribution >= 4 is 11.9 Å². The van der Waals surface area contributed by atoms with Crippen molar-refractivity contribution in [3.05, 3.63) is 0 Å². The van der Waals surface area contributed by atoms with Crippen molar-refractivity contribution in [3.8, 4) is 0 Å². The Balaban J connectivity index is 2.53. The number of amides is 1. The first-order chi connectivity index (χ1) is 8.60. The normalized spacial score (nSPS) is 16.8. The van der Waals surface area contributed by atoms with Gasteiger partial charge in [0.2, 0.25) is 5.91 Å². The van der Waals surface area contributed by atoms with E-state index >= 15 is 0 Å². The average molecular weight is 255 g/mol. The minimum Gasteiger partial charge on any atom is -0.469 e. The predicted molar refractivity (Wildman–Crippen MR) is 70.0 cm³/mol. The summed E-state index contributed by atoms with van der Waals surface area (Å²) < 4.78 is 4.72. The number of rotatable bonds is 7. The molecule has 1 rings (SSSR count). The summed E-state index contributed by atoms with van der Waals surface area (Å²) in [5, 5.41) is 0. The summed E-state index contributed by atoms with van der Waals surface area (Å²) >= 11 is 0. The van der Waals surface area contributed by atoms with Gasteiger partial charge < -0.3 is 9.64 Å². The Morgan fingerprint density at radius 3 is 2.50 bits per heavy atom. The number of hydrogen-bond acceptors (Lipinski definition) is 3. The maximum Gasteiger partial charge on any atom is 0.310 e. The molecular formula is C14H25NO3. The van der Waals surface area contributed by atoms with Crippen molar-refractivity contribution in [3.63, 3.8) is 0 Å². The number of esters is 1. The molecule has 0 heterocycles. The van der Waals surface area contributed by atoms with E-state index in [4.69, 9.17) is 4.74 Å². The standard InChI is InChI=1S/C14H25NO3/c1-4-5-9-15(10-11(2)14(17)18-3)13(16)12-7-6-8-12/h11-12H,4-10H2,1-3H3. The SMILES string of the molecule is CCCCN(CC(C)C(=O)OC)C(=O)C1CCC1. The van der Waals surface area contributed by atoms with E-state index in [2.05, 4.69) is 6.92 Å². The van der Waals surface area contributed by atoms with Crippen LogP contribution in [-0.4, -0.2) is 37.0 Å². The molecule has 0 aromatic heterocycles. The molecule has 1 unspecified atom stereocenters. The predicted octanol–water partition coefficient (Wildman–Crippen LogP) is 2.22. The topological polar surface area (TPSA) is 46.6 Å². The van der Waals surface area contributed by atoms with Crippen molar-refractivity contribution in [1.29, 1.82) is 0 Å². The molecule has 0 spiro atoms. The Labute approximate surface area is 110 Å². The summed E-state index contributed by atoms with van der Waals surface area (Å²) in [7, 11) is 1.39. The first-order valence-electron chi connectivity index (χ1n) is 6.96. The van der Waals surface area contributed by atoms with Crippen LogP contribution in [0.2, 0.25) is 0 Å². The third kappa shape index (κ3) is 4.00. The Kier molecular flexibility index (Phi) is 6.16. The van der Waals surface area contributed by atoms with E-state index in [1.165, 1.54) is 7.11 Å². The zero-order valence-corrected chi connectivity index (χ0v) is 11.8. The molecule has 0 radical (unpaired) electrons. The molecule has 0 aromatic carbocycles. The van der Waals surface area contributed by atoms with Gasteiger partial charge in [-0.1, -0.05) is 26.7 Å². The molecule has 0 N–H and O–H groups in total. The van der Waals surface area contributed by atoms with Crippen molar-refractivity contribution in [2.75, 3.05) is 20.2 Å². The summed E-state index contributed by atoms with van der Waals surface area (Å²) in [5.74, 6) is -0.0500. The number of methoxy groups -OCH3 is 1. The fraction of sp³-hybridized carbons (Fsp3) is 0.857. The molecule has 1 saturated carbocycles. The van der Waals surface area contributed by atoms with Crippen LogP contribution in [0.25, 0.3) is 0 Å². The third-order valence-electron chi connectivity index (χ3n) is 3.65. The summed E-state index contributed by atoms with van der Waals surface area (Å²) in [6, 6.07) is 0. The molecular weight excluding hydrogens is 230 g/mol. The Morgan fingerprint density at radius 1 is 1.39 bits per heavy atom. The lowest BCUT2D eigenvalue weighted by atomic mass is 9.84. The van der Waals surface area contributed by atoms with Gasteiger partial charge in [0.15, 0.2) is 0 Å². The Bertz CT molecular complexity index is 287. The molecule has 0 bridgehead atoms. The van der Waals surface area contributed by atoms with Gasteiger partial charge in [0.05, 0.1) is 13.0 Å². The molecule has 1 atom stereocenters. The van der Waals surface area contributed by atoms with E-state index in [0.717, 1.165) is 38.6 Å². The Hall–Kier alpha value is -1.06. The van der Waals surface area contributed by atoms with Crippen LogP contribution in [0.4, 0.5) is 0 Å². The molecule has 104 valence electrons. The monoisotopic (exact) mass is 255 g/mol. The summed E-state index contributed by atoms with van der Waals surface area (Å²) in [6.07, 6.45) is 5.22. The van der Waals surface area contributed by atoms with Crippen LogP contribution in [0.1, 0.15) is 46.0 Å². The molecule has 0 aromatic rings. The highest BCUT2D eigenvalue weighted by Gasteiger charge is 2.30. The van der Waals surface area contributed by atoms with Crippen LogP contribution in [0.15, 0.2) is 0 Å². The number of nitrogens with zero attached hydrogens (tertiary/aromatic N) is 1. The second-order valence-corrected chi connectivity index (χ2v) is 5.19. The van der Waals surface area contributed by atoms with E-state index in [-0.39, 0.29) is 23.7 Å². The molecule has 0 aliphatic heterocycles. The van der Waals surface area contributed by atoms with Gasteiger partial charge in [-0.3, -0.25) is 9.59 Å². The number of carbonyl (C=O) groups excluding carboxylic acids is 2. The van der Waals surface area contributed by atoms with E-state index in [0.29, 0.717) is 6.54 Å². The van der Waals surface area contributed by atoms with Crippen LogP contribution < -0.4 is 0 Å². The molecule has 18 heavy (non-hydrogen) atoms. The summed E-state index contributed by atoms with van der Waals surface area (Å²) in [6.45, 7) is 5.17. The second-order valence-electron chi connectivity index (χ2n) is 5.19. The highest BCUT2D eigenvalue weighted by Crippen LogP contribution is 2.28. The van der Waals surface area contributed by atoms with Gasteiger partial charge in [0.25, 0.3) is 0 Å². The van der Waals surface area contributed by atoms with Crippen LogP contribution in [0.3, 0.4) is 0 Å². The van der Waals surface area contributed by atoms with Crippen molar-refractivity contribution in [2.24, 2.45) is 11.8 Å². The quantitative estimate of drug-likeness (QED) is 0.655. The van der Waals surface area contributed by atoms with E-state index < -0.39 is 0 Å². The van der Waals surface area contributed by atoms with Gasteiger partial charge in [0.1, 0.15) is 0 Å². The minimum atomic E-state index is -0.240. The largest absolute Gasteiger partial charge is 0.469 e. The van der Waals surface area contributed by atoms with Gasteiger partial charge in [-0.15, -0.1) is 0 Å². The van der Waals surface area contributed by atoms with Gasteiger partial charge in [-0.2, -0.15) is 0 Å². The number of unbranched alkanes of at least 4 members (excludes halogenated alkanes) is 1. The summed E-state index contributed by atoms with van der Waals surface area (Å²) in [4.78, 5) is 25.5. The van der Waals surface area contributed by atoms with Crippen LogP contribution in [-0.2, 0) is 14.3 Å². The molecule has 4 heteroatoms. The summed E-state index contributed by atoms with van der Waals surface area (Å²) in [5.41, 5.74) is 0. The van der Waals surface area contributed by atoms with Crippen LogP contribution >= 0.6 is 0 Å². The average Bonchev–Trinajstić information content (AvgIpc) is 2.30. The molecule has 1 fully saturated rings. The van der Waals surface area contributed by atoms with Crippen LogP contribution in [0, 0.1) is 11.8 Å². The van der Waals surface area contributed by atoms with Crippen molar-refractivity contribution < 1.29 is 14.3 Å². The molecule has 4 nitrogen and oxygen atoms in total. The van der Waals surface area contributed by atoms with Gasteiger partial charge in [-0.05, 0) is 19.3 Å². The maximum atomic E-state index is 12.3. The molecule has 1 aliphatic carbocycles. The zero-order chi connectivity index (χ0) is 13.5. The van der Waals surface area contributed by atoms with E-state index in [1.807, 2.05) is 11.8 Å². The lowest BCUT2D eigenvalue weighted by Gasteiger charge is -2.32. The first-order valence-corrected chi connectivity index (χ1v) is 6.96. The van der Waals surface area contributed by atoms with Gasteiger partial charge in [0, 0.05) is 19.0 Å². The maximum absolute atomic E-state index is 12.3. The minimum absolute atomic E-state index is 0.201. The van der Waals surface area contributed by atoms with Crippen LogP contribution in [0.5, 0.6) is 0 Å².